The van der Waals surface area contributed by atoms with Crippen molar-refractivity contribution in [2.45, 2.75) is 44.9 Å². The van der Waals surface area contributed by atoms with Crippen LogP contribution in [-0.4, -0.2) is 58.3 Å². The summed E-state index contributed by atoms with van der Waals surface area (Å²) >= 11 is 0. The summed E-state index contributed by atoms with van der Waals surface area (Å²) in [4.78, 5) is 24.0. The first-order valence-corrected chi connectivity index (χ1v) is 5.89. The van der Waals surface area contributed by atoms with Gasteiger partial charge in [0.15, 0.2) is 0 Å². The third kappa shape index (κ3) is 3.67. The van der Waals surface area contributed by atoms with Gasteiger partial charge < -0.3 is 20.4 Å². The molecule has 0 spiro atoms. The zero-order chi connectivity index (χ0) is 13.0. The number of aliphatic hydroxyl groups excluding tert-OH is 1. The molecule has 0 aromatic heterocycles. The van der Waals surface area contributed by atoms with Crippen molar-refractivity contribution in [3.63, 3.8) is 0 Å². The third-order valence-electron chi connectivity index (χ3n) is 3.10. The van der Waals surface area contributed by atoms with Gasteiger partial charge >= 0.3 is 5.97 Å². The Morgan fingerprint density at radius 3 is 2.71 bits per heavy atom. The molecule has 3 N–H and O–H groups in total. The molecule has 6 heteroatoms. The van der Waals surface area contributed by atoms with Crippen molar-refractivity contribution in [1.82, 2.24) is 10.2 Å². The van der Waals surface area contributed by atoms with Crippen LogP contribution in [0.5, 0.6) is 0 Å². The topological polar surface area (TPSA) is 89.9 Å². The summed E-state index contributed by atoms with van der Waals surface area (Å²) in [5, 5.41) is 21.4. The van der Waals surface area contributed by atoms with E-state index in [0.717, 1.165) is 6.42 Å². The smallest absolute Gasteiger partial charge is 0.326 e. The number of nitrogens with one attached hydrogen (secondary N) is 1. The molecular weight excluding hydrogens is 224 g/mol. The van der Waals surface area contributed by atoms with E-state index in [0.29, 0.717) is 0 Å². The molecule has 3 atom stereocenters. The third-order valence-corrected chi connectivity index (χ3v) is 3.10. The molecule has 0 bridgehead atoms. The number of hydrogen-bond donors (Lipinski definition) is 3. The van der Waals surface area contributed by atoms with Gasteiger partial charge in [-0.3, -0.25) is 4.79 Å². The molecule has 1 heterocycles. The van der Waals surface area contributed by atoms with Crippen LogP contribution in [0.15, 0.2) is 0 Å². The lowest BCUT2D eigenvalue weighted by Crippen LogP contribution is -2.46. The Hall–Kier alpha value is -1.14. The number of aliphatic carboxylic acids is 1. The Bertz CT molecular complexity index is 295. The molecule has 1 aliphatic heterocycles. The molecule has 17 heavy (non-hydrogen) atoms. The van der Waals surface area contributed by atoms with Crippen LogP contribution in [-0.2, 0) is 9.59 Å². The Labute approximate surface area is 101 Å². The van der Waals surface area contributed by atoms with Crippen LogP contribution in [0, 0.1) is 0 Å². The van der Waals surface area contributed by atoms with Gasteiger partial charge in [0, 0.05) is 19.0 Å². The van der Waals surface area contributed by atoms with Crippen LogP contribution in [0.2, 0.25) is 0 Å². The predicted octanol–water partition coefficient (Wildman–Crippen LogP) is -0.579. The minimum atomic E-state index is -1.06. The zero-order valence-electron chi connectivity index (χ0n) is 10.2. The maximum Gasteiger partial charge on any atom is 0.326 e. The number of carbonyl (C=O) groups excluding carboxylic acids is 1. The van der Waals surface area contributed by atoms with E-state index in [-0.39, 0.29) is 31.5 Å². The highest BCUT2D eigenvalue weighted by Crippen LogP contribution is 2.18. The van der Waals surface area contributed by atoms with E-state index in [9.17, 15) is 14.7 Å². The average Bonchev–Trinajstić information content (AvgIpc) is 2.67. The Balaban J connectivity index is 2.52. The molecule has 6 nitrogen and oxygen atoms in total. The van der Waals surface area contributed by atoms with Crippen molar-refractivity contribution in [1.29, 1.82) is 0 Å². The van der Waals surface area contributed by atoms with Crippen LogP contribution in [0.25, 0.3) is 0 Å². The molecule has 0 aromatic rings. The molecule has 1 saturated heterocycles. The molecule has 0 saturated carbocycles. The first-order valence-electron chi connectivity index (χ1n) is 5.89. The minimum Gasteiger partial charge on any atom is -0.480 e. The second-order valence-corrected chi connectivity index (χ2v) is 4.48. The number of aliphatic hydroxyl groups is 1. The van der Waals surface area contributed by atoms with E-state index in [1.807, 2.05) is 13.8 Å². The highest BCUT2D eigenvalue weighted by Gasteiger charge is 2.38. The van der Waals surface area contributed by atoms with E-state index in [4.69, 9.17) is 5.11 Å². The van der Waals surface area contributed by atoms with Crippen molar-refractivity contribution < 1.29 is 19.8 Å². The van der Waals surface area contributed by atoms with Gasteiger partial charge in [-0.15, -0.1) is 0 Å². The van der Waals surface area contributed by atoms with E-state index >= 15 is 0 Å². The number of hydrogen-bond acceptors (Lipinski definition) is 4. The summed E-state index contributed by atoms with van der Waals surface area (Å²) in [6.07, 6.45) is 0.284. The van der Waals surface area contributed by atoms with Crippen molar-refractivity contribution in [3.8, 4) is 0 Å². The van der Waals surface area contributed by atoms with Crippen molar-refractivity contribution in [3.05, 3.63) is 0 Å². The van der Waals surface area contributed by atoms with E-state index in [1.54, 1.807) is 0 Å². The highest BCUT2D eigenvalue weighted by atomic mass is 16.4. The fourth-order valence-corrected chi connectivity index (χ4v) is 1.83. The number of nitrogens with zero attached hydrogens (tertiary/aromatic N) is 1. The summed E-state index contributed by atoms with van der Waals surface area (Å²) in [5.74, 6) is -1.33. The van der Waals surface area contributed by atoms with E-state index in [2.05, 4.69) is 5.32 Å². The van der Waals surface area contributed by atoms with Crippen molar-refractivity contribution in [2.75, 3.05) is 13.1 Å². The quantitative estimate of drug-likeness (QED) is 0.602. The Morgan fingerprint density at radius 2 is 2.18 bits per heavy atom. The molecule has 1 rings (SSSR count). The fraction of sp³-hybridized carbons (Fsp3) is 0.818. The van der Waals surface area contributed by atoms with Gasteiger partial charge in [0.2, 0.25) is 5.91 Å². The molecule has 1 unspecified atom stereocenters. The Morgan fingerprint density at radius 1 is 1.53 bits per heavy atom. The lowest BCUT2D eigenvalue weighted by molar-refractivity contribution is -0.147. The second kappa shape index (κ2) is 5.97. The number of likely N-dealkylation sites (tertiary alicyclic amines) is 1. The molecular formula is C11H20N2O4. The molecule has 0 radical (unpaired) electrons. The van der Waals surface area contributed by atoms with Crippen LogP contribution >= 0.6 is 0 Å². The molecule has 1 amide bonds. The van der Waals surface area contributed by atoms with Gasteiger partial charge in [0.05, 0.1) is 12.6 Å². The number of carboxylic acid groups (broad SMARTS) is 1. The second-order valence-electron chi connectivity index (χ2n) is 4.48. The van der Waals surface area contributed by atoms with Crippen LogP contribution in [0.4, 0.5) is 0 Å². The monoisotopic (exact) mass is 244 g/mol. The van der Waals surface area contributed by atoms with Crippen LogP contribution < -0.4 is 5.32 Å². The summed E-state index contributed by atoms with van der Waals surface area (Å²) in [6.45, 7) is 4.19. The number of β-amino-alcohol motifs (C(OH)–C–C–N with tert-alkyl or cyclic N) is 1. The maximum atomic E-state index is 11.8. The lowest BCUT2D eigenvalue weighted by atomic mass is 10.2. The summed E-state index contributed by atoms with van der Waals surface area (Å²) in [7, 11) is 0. The lowest BCUT2D eigenvalue weighted by Gasteiger charge is -2.22. The average molecular weight is 244 g/mol. The minimum absolute atomic E-state index is 0.109. The standard InChI is InChI=1S/C11H20N2O4/c1-3-7(2)12-5-10(15)13-6-8(14)4-9(13)11(16)17/h7-9,12,14H,3-6H2,1-2H3,(H,16,17)/t7?,8-,9+/m1/s1. The van der Waals surface area contributed by atoms with Gasteiger partial charge in [-0.05, 0) is 13.3 Å². The maximum absolute atomic E-state index is 11.8. The highest BCUT2D eigenvalue weighted by molar-refractivity contribution is 5.85. The summed E-state index contributed by atoms with van der Waals surface area (Å²) in [6, 6.07) is -0.675. The number of carboxylic acids is 1. The van der Waals surface area contributed by atoms with Gasteiger partial charge in [0.25, 0.3) is 0 Å². The molecule has 1 aliphatic rings. The molecule has 1 fully saturated rings. The normalized spacial score (nSPS) is 25.9. The fourth-order valence-electron chi connectivity index (χ4n) is 1.83. The van der Waals surface area contributed by atoms with Gasteiger partial charge in [0.1, 0.15) is 6.04 Å². The van der Waals surface area contributed by atoms with Gasteiger partial charge in [-0.1, -0.05) is 6.92 Å². The van der Waals surface area contributed by atoms with E-state index in [1.165, 1.54) is 4.90 Å². The van der Waals surface area contributed by atoms with Gasteiger partial charge in [-0.2, -0.15) is 0 Å². The predicted molar refractivity (Wildman–Crippen MR) is 61.5 cm³/mol. The zero-order valence-corrected chi connectivity index (χ0v) is 10.2. The SMILES string of the molecule is CCC(C)NCC(=O)N1C[C@H](O)C[C@H]1C(=O)O. The molecule has 98 valence electrons. The largest absolute Gasteiger partial charge is 0.480 e. The van der Waals surface area contributed by atoms with Crippen molar-refractivity contribution in [2.24, 2.45) is 0 Å². The van der Waals surface area contributed by atoms with E-state index < -0.39 is 18.1 Å². The first kappa shape index (κ1) is 13.9. The molecule has 0 aliphatic carbocycles. The van der Waals surface area contributed by atoms with Crippen LogP contribution in [0.3, 0.4) is 0 Å². The first-order chi connectivity index (χ1) is 7.95. The van der Waals surface area contributed by atoms with Gasteiger partial charge in [-0.25, -0.2) is 4.79 Å². The van der Waals surface area contributed by atoms with Crippen molar-refractivity contribution >= 4 is 11.9 Å². The summed E-state index contributed by atoms with van der Waals surface area (Å²) in [5.41, 5.74) is 0. The number of rotatable bonds is 5. The molecule has 0 aromatic carbocycles. The summed E-state index contributed by atoms with van der Waals surface area (Å²) < 4.78 is 0. The number of carbonyl (C=O) groups is 2. The van der Waals surface area contributed by atoms with Crippen LogP contribution in [0.1, 0.15) is 26.7 Å². The number of amides is 1. The Kier molecular flexibility index (Phi) is 4.89.